The van der Waals surface area contributed by atoms with Gasteiger partial charge in [-0.05, 0) is 18.1 Å². The number of amides is 3. The van der Waals surface area contributed by atoms with Crippen molar-refractivity contribution >= 4 is 23.7 Å². The number of pyridine rings is 1. The predicted octanol–water partition coefficient (Wildman–Crippen LogP) is 1.82. The maximum atomic E-state index is 12.8. The van der Waals surface area contributed by atoms with Gasteiger partial charge in [0.1, 0.15) is 0 Å². The number of nitrogens with one attached hydrogen (secondary N) is 2. The molecule has 2 saturated heterocycles. The first-order valence-electron chi connectivity index (χ1n) is 9.10. The van der Waals surface area contributed by atoms with E-state index in [2.05, 4.69) is 22.5 Å². The van der Waals surface area contributed by atoms with Crippen molar-refractivity contribution in [1.29, 1.82) is 0 Å². The van der Waals surface area contributed by atoms with Crippen LogP contribution in [0.25, 0.3) is 0 Å². The van der Waals surface area contributed by atoms with Crippen molar-refractivity contribution in [3.8, 4) is 0 Å². The highest BCUT2D eigenvalue weighted by Gasteiger charge is 2.50. The Kier molecular flexibility index (Phi) is 6.16. The standard InChI is InChI=1S/C18H27N5O2S/c1-4-5-8-13-20-15-14(17(24)23(3)18(25)22(15)2)16(21-13)26-11-12-7-6-9-19-10-12/h6-7,9-10,13-16,20-21H,4-5,8,11H2,1-3H3. The Morgan fingerprint density at radius 1 is 1.27 bits per heavy atom. The van der Waals surface area contributed by atoms with E-state index in [4.69, 9.17) is 0 Å². The highest BCUT2D eigenvalue weighted by atomic mass is 32.2. The van der Waals surface area contributed by atoms with Crippen LogP contribution in [-0.4, -0.2) is 58.5 Å². The van der Waals surface area contributed by atoms with E-state index in [9.17, 15) is 9.59 Å². The third-order valence-electron chi connectivity index (χ3n) is 5.02. The second-order valence-corrected chi connectivity index (χ2v) is 8.01. The number of carbonyl (C=O) groups is 2. The van der Waals surface area contributed by atoms with Crippen LogP contribution >= 0.6 is 11.8 Å². The van der Waals surface area contributed by atoms with Gasteiger partial charge in [-0.2, -0.15) is 0 Å². The van der Waals surface area contributed by atoms with E-state index < -0.39 is 0 Å². The molecule has 3 heterocycles. The Morgan fingerprint density at radius 2 is 2.08 bits per heavy atom. The summed E-state index contributed by atoms with van der Waals surface area (Å²) in [6, 6.07) is 3.71. The fourth-order valence-electron chi connectivity index (χ4n) is 3.51. The number of hydrogen-bond donors (Lipinski definition) is 2. The molecule has 7 nitrogen and oxygen atoms in total. The first-order valence-corrected chi connectivity index (χ1v) is 10.1. The molecule has 4 atom stereocenters. The zero-order valence-corrected chi connectivity index (χ0v) is 16.3. The molecule has 0 aliphatic carbocycles. The van der Waals surface area contributed by atoms with E-state index in [1.807, 2.05) is 18.3 Å². The number of imide groups is 1. The molecule has 2 aliphatic rings. The van der Waals surface area contributed by atoms with Crippen molar-refractivity contribution < 1.29 is 9.59 Å². The van der Waals surface area contributed by atoms with Gasteiger partial charge in [-0.15, -0.1) is 11.8 Å². The topological polar surface area (TPSA) is 77.6 Å². The molecule has 0 saturated carbocycles. The number of urea groups is 1. The van der Waals surface area contributed by atoms with Crippen LogP contribution in [0.4, 0.5) is 4.79 Å². The van der Waals surface area contributed by atoms with Crippen molar-refractivity contribution in [1.82, 2.24) is 25.4 Å². The molecule has 2 N–H and O–H groups in total. The molecule has 0 bridgehead atoms. The lowest BCUT2D eigenvalue weighted by Crippen LogP contribution is -2.74. The van der Waals surface area contributed by atoms with Crippen LogP contribution in [0.1, 0.15) is 31.7 Å². The molecule has 3 amide bonds. The second-order valence-electron chi connectivity index (χ2n) is 6.88. The lowest BCUT2D eigenvalue weighted by Gasteiger charge is -2.50. The smallest absolute Gasteiger partial charge is 0.311 e. The molecule has 0 aromatic carbocycles. The average Bonchev–Trinajstić information content (AvgIpc) is 2.67. The summed E-state index contributed by atoms with van der Waals surface area (Å²) in [6.45, 7) is 2.16. The van der Waals surface area contributed by atoms with Gasteiger partial charge in [0, 0.05) is 32.2 Å². The molecular formula is C18H27N5O2S. The van der Waals surface area contributed by atoms with Crippen LogP contribution < -0.4 is 10.6 Å². The largest absolute Gasteiger partial charge is 0.327 e. The maximum absolute atomic E-state index is 12.8. The minimum atomic E-state index is -0.317. The molecule has 1 aromatic heterocycles. The van der Waals surface area contributed by atoms with Gasteiger partial charge in [-0.1, -0.05) is 25.8 Å². The third kappa shape index (κ3) is 3.87. The Bertz CT molecular complexity index is 644. The van der Waals surface area contributed by atoms with Gasteiger partial charge in [0.25, 0.3) is 0 Å². The van der Waals surface area contributed by atoms with E-state index in [1.54, 1.807) is 37.0 Å². The Labute approximate surface area is 158 Å². The summed E-state index contributed by atoms with van der Waals surface area (Å²) in [5, 5.41) is 7.00. The maximum Gasteiger partial charge on any atom is 0.327 e. The van der Waals surface area contributed by atoms with E-state index in [1.165, 1.54) is 4.90 Å². The molecule has 8 heteroatoms. The lowest BCUT2D eigenvalue weighted by atomic mass is 9.96. The summed E-state index contributed by atoms with van der Waals surface area (Å²) in [4.78, 5) is 32.2. The summed E-state index contributed by atoms with van der Waals surface area (Å²) < 4.78 is 0. The monoisotopic (exact) mass is 377 g/mol. The molecule has 4 unspecified atom stereocenters. The summed E-state index contributed by atoms with van der Waals surface area (Å²) in [5.41, 5.74) is 1.13. The van der Waals surface area contributed by atoms with E-state index in [0.29, 0.717) is 0 Å². The van der Waals surface area contributed by atoms with Crippen molar-refractivity contribution in [2.75, 3.05) is 14.1 Å². The number of thioether (sulfide) groups is 1. The first-order chi connectivity index (χ1) is 12.5. The molecule has 142 valence electrons. The lowest BCUT2D eigenvalue weighted by molar-refractivity contribution is -0.140. The van der Waals surface area contributed by atoms with E-state index in [0.717, 1.165) is 30.6 Å². The third-order valence-corrected chi connectivity index (χ3v) is 6.31. The number of fused-ring (bicyclic) bond motifs is 1. The fourth-order valence-corrected chi connectivity index (χ4v) is 4.79. The SMILES string of the molecule is CCCCC1NC(SCc2cccnc2)C2C(=O)N(C)C(=O)N(C)C2N1. The van der Waals surface area contributed by atoms with Gasteiger partial charge in [0.05, 0.1) is 23.6 Å². The Hall–Kier alpha value is -1.64. The molecule has 0 radical (unpaired) electrons. The van der Waals surface area contributed by atoms with Crippen molar-refractivity contribution in [2.24, 2.45) is 5.92 Å². The minimum Gasteiger partial charge on any atom is -0.311 e. The van der Waals surface area contributed by atoms with E-state index >= 15 is 0 Å². The minimum absolute atomic E-state index is 0.0613. The van der Waals surface area contributed by atoms with Crippen LogP contribution in [0.5, 0.6) is 0 Å². The first kappa shape index (κ1) is 19.1. The molecule has 1 aromatic rings. The quantitative estimate of drug-likeness (QED) is 0.787. The highest BCUT2D eigenvalue weighted by Crippen LogP contribution is 2.33. The number of nitrogens with zero attached hydrogens (tertiary/aromatic N) is 3. The van der Waals surface area contributed by atoms with Crippen LogP contribution in [-0.2, 0) is 10.5 Å². The van der Waals surface area contributed by atoms with Crippen LogP contribution in [0.15, 0.2) is 24.5 Å². The Balaban J connectivity index is 1.78. The number of aromatic nitrogens is 1. The number of unbranched alkanes of at least 4 members (excludes halogenated alkanes) is 1. The Morgan fingerprint density at radius 3 is 2.77 bits per heavy atom. The van der Waals surface area contributed by atoms with Crippen LogP contribution in [0.2, 0.25) is 0 Å². The highest BCUT2D eigenvalue weighted by molar-refractivity contribution is 7.99. The predicted molar refractivity (Wildman–Crippen MR) is 102 cm³/mol. The molecule has 2 aliphatic heterocycles. The zero-order chi connectivity index (χ0) is 18.7. The van der Waals surface area contributed by atoms with Gasteiger partial charge in [-0.25, -0.2) is 4.79 Å². The molecule has 3 rings (SSSR count). The second kappa shape index (κ2) is 8.37. The number of carbonyl (C=O) groups excluding carboxylic acids is 2. The summed E-state index contributed by atoms with van der Waals surface area (Å²) >= 11 is 1.71. The van der Waals surface area contributed by atoms with E-state index in [-0.39, 0.29) is 35.6 Å². The van der Waals surface area contributed by atoms with Crippen LogP contribution in [0, 0.1) is 5.92 Å². The number of hydrogen-bond acceptors (Lipinski definition) is 6. The summed E-state index contributed by atoms with van der Waals surface area (Å²) in [6.07, 6.45) is 6.59. The molecular weight excluding hydrogens is 350 g/mol. The van der Waals surface area contributed by atoms with Gasteiger partial charge < -0.3 is 4.90 Å². The fraction of sp³-hybridized carbons (Fsp3) is 0.611. The van der Waals surface area contributed by atoms with Gasteiger partial charge in [0.15, 0.2) is 0 Å². The normalized spacial score (nSPS) is 29.0. The molecule has 2 fully saturated rings. The average molecular weight is 378 g/mol. The van der Waals surface area contributed by atoms with Gasteiger partial charge in [0.2, 0.25) is 5.91 Å². The van der Waals surface area contributed by atoms with Crippen molar-refractivity contribution in [3.63, 3.8) is 0 Å². The van der Waals surface area contributed by atoms with Crippen molar-refractivity contribution in [3.05, 3.63) is 30.1 Å². The zero-order valence-electron chi connectivity index (χ0n) is 15.5. The van der Waals surface area contributed by atoms with Crippen molar-refractivity contribution in [2.45, 2.75) is 49.6 Å². The molecule has 0 spiro atoms. The summed E-state index contributed by atoms with van der Waals surface area (Å²) in [5.74, 6) is 0.321. The number of rotatable bonds is 6. The van der Waals surface area contributed by atoms with Crippen LogP contribution in [0.3, 0.4) is 0 Å². The van der Waals surface area contributed by atoms with Gasteiger partial charge in [-0.3, -0.25) is 25.3 Å². The summed E-state index contributed by atoms with van der Waals surface area (Å²) in [7, 11) is 3.32. The molecule has 26 heavy (non-hydrogen) atoms. The van der Waals surface area contributed by atoms with Gasteiger partial charge >= 0.3 is 6.03 Å².